The Balaban J connectivity index is 1.60. The summed E-state index contributed by atoms with van der Waals surface area (Å²) < 4.78 is 6.30. The van der Waals surface area contributed by atoms with Crippen molar-refractivity contribution in [3.63, 3.8) is 0 Å². The van der Waals surface area contributed by atoms with Gasteiger partial charge in [0.05, 0.1) is 29.6 Å². The summed E-state index contributed by atoms with van der Waals surface area (Å²) >= 11 is 8.94. The minimum Gasteiger partial charge on any atom is -0.497 e. The number of nitrogens with zero attached hydrogens (tertiary/aromatic N) is 2. The molecule has 0 fully saturated rings. The smallest absolute Gasteiger partial charge is 0.239 e. The van der Waals surface area contributed by atoms with Crippen molar-refractivity contribution >= 4 is 56.0 Å². The van der Waals surface area contributed by atoms with Gasteiger partial charge in [-0.25, -0.2) is 4.98 Å². The number of methoxy groups -OCH3 is 1. The summed E-state index contributed by atoms with van der Waals surface area (Å²) in [5.74, 6) is 1.09. The largest absolute Gasteiger partial charge is 0.497 e. The molecule has 4 aromatic rings. The average molecular weight is 455 g/mol. The molecule has 0 atom stereocenters. The number of fused-ring (bicyclic) bond motifs is 1. The van der Waals surface area contributed by atoms with Gasteiger partial charge in [0.15, 0.2) is 5.13 Å². The maximum Gasteiger partial charge on any atom is 0.239 e. The van der Waals surface area contributed by atoms with Crippen LogP contribution in [0.1, 0.15) is 5.56 Å². The SMILES string of the molecule is COc1ccc2nc(N(Cc3ccccc3)C(=O)CSc3ccc(Cl)cc3)sc2c1. The number of rotatable bonds is 7. The molecule has 0 N–H and O–H groups in total. The number of carbonyl (C=O) groups excluding carboxylic acids is 1. The van der Waals surface area contributed by atoms with Crippen molar-refractivity contribution in [1.29, 1.82) is 0 Å². The molecule has 0 aliphatic rings. The van der Waals surface area contributed by atoms with Crippen molar-refractivity contribution in [3.8, 4) is 5.75 Å². The molecule has 30 heavy (non-hydrogen) atoms. The Morgan fingerprint density at radius 3 is 2.60 bits per heavy atom. The Kier molecular flexibility index (Phi) is 6.57. The number of benzene rings is 3. The first-order valence-corrected chi connectivity index (χ1v) is 11.5. The number of thioether (sulfide) groups is 1. The van der Waals surface area contributed by atoms with Crippen LogP contribution in [-0.2, 0) is 11.3 Å². The number of carbonyl (C=O) groups is 1. The number of hydrogen-bond acceptors (Lipinski definition) is 5. The van der Waals surface area contributed by atoms with E-state index >= 15 is 0 Å². The molecule has 4 nitrogen and oxygen atoms in total. The van der Waals surface area contributed by atoms with E-state index in [2.05, 4.69) is 0 Å². The zero-order valence-electron chi connectivity index (χ0n) is 16.2. The standard InChI is InChI=1S/C23H19ClN2O2S2/c1-28-18-9-12-20-21(13-18)30-23(25-20)26(14-16-5-3-2-4-6-16)22(27)15-29-19-10-7-17(24)8-11-19/h2-13H,14-15H2,1H3. The lowest BCUT2D eigenvalue weighted by atomic mass is 10.2. The fraction of sp³-hybridized carbons (Fsp3) is 0.130. The van der Waals surface area contributed by atoms with Crippen molar-refractivity contribution in [2.24, 2.45) is 0 Å². The van der Waals surface area contributed by atoms with E-state index in [1.807, 2.05) is 72.8 Å². The number of anilines is 1. The molecule has 1 aromatic heterocycles. The lowest BCUT2D eigenvalue weighted by Crippen LogP contribution is -2.31. The highest BCUT2D eigenvalue weighted by molar-refractivity contribution is 8.00. The third-order valence-electron chi connectivity index (χ3n) is 4.48. The molecule has 0 aliphatic heterocycles. The fourth-order valence-corrected chi connectivity index (χ4v) is 4.83. The van der Waals surface area contributed by atoms with Crippen LogP contribution in [-0.4, -0.2) is 23.8 Å². The molecule has 1 heterocycles. The van der Waals surface area contributed by atoms with Gasteiger partial charge in [0.25, 0.3) is 0 Å². The van der Waals surface area contributed by atoms with Crippen LogP contribution in [0.5, 0.6) is 5.75 Å². The van der Waals surface area contributed by atoms with E-state index < -0.39 is 0 Å². The van der Waals surface area contributed by atoms with Crippen molar-refractivity contribution < 1.29 is 9.53 Å². The highest BCUT2D eigenvalue weighted by Crippen LogP contribution is 2.33. The molecule has 0 spiro atoms. The van der Waals surface area contributed by atoms with Gasteiger partial charge in [-0.1, -0.05) is 53.3 Å². The number of halogens is 1. The van der Waals surface area contributed by atoms with Crippen LogP contribution in [0.25, 0.3) is 10.2 Å². The summed E-state index contributed by atoms with van der Waals surface area (Å²) in [5.41, 5.74) is 1.91. The second-order valence-electron chi connectivity index (χ2n) is 6.54. The Bertz CT molecular complexity index is 1150. The lowest BCUT2D eigenvalue weighted by Gasteiger charge is -2.20. The zero-order valence-corrected chi connectivity index (χ0v) is 18.6. The molecular formula is C23H19ClN2O2S2. The molecule has 1 amide bonds. The summed E-state index contributed by atoms with van der Waals surface area (Å²) in [6.45, 7) is 0.470. The molecule has 152 valence electrons. The van der Waals surface area contributed by atoms with Gasteiger partial charge in [-0.2, -0.15) is 0 Å². The van der Waals surface area contributed by atoms with Crippen LogP contribution in [0.4, 0.5) is 5.13 Å². The molecule has 0 saturated carbocycles. The third kappa shape index (κ3) is 4.95. The van der Waals surface area contributed by atoms with E-state index in [0.717, 1.165) is 26.4 Å². The van der Waals surface area contributed by atoms with Crippen LogP contribution >= 0.6 is 34.7 Å². The van der Waals surface area contributed by atoms with E-state index in [1.54, 1.807) is 12.0 Å². The molecule has 0 radical (unpaired) electrons. The summed E-state index contributed by atoms with van der Waals surface area (Å²) in [6.07, 6.45) is 0. The van der Waals surface area contributed by atoms with Crippen molar-refractivity contribution in [2.45, 2.75) is 11.4 Å². The molecule has 4 rings (SSSR count). The summed E-state index contributed by atoms with van der Waals surface area (Å²) in [5, 5.41) is 1.37. The van der Waals surface area contributed by atoms with Gasteiger partial charge < -0.3 is 4.74 Å². The summed E-state index contributed by atoms with van der Waals surface area (Å²) in [7, 11) is 1.64. The van der Waals surface area contributed by atoms with Gasteiger partial charge in [-0.15, -0.1) is 11.8 Å². The predicted molar refractivity (Wildman–Crippen MR) is 126 cm³/mol. The van der Waals surface area contributed by atoms with Crippen molar-refractivity contribution in [1.82, 2.24) is 4.98 Å². The first kappa shape index (κ1) is 20.7. The first-order chi connectivity index (χ1) is 14.6. The Labute approximate surface area is 188 Å². The Morgan fingerprint density at radius 1 is 1.10 bits per heavy atom. The second kappa shape index (κ2) is 9.51. The highest BCUT2D eigenvalue weighted by atomic mass is 35.5. The van der Waals surface area contributed by atoms with E-state index in [4.69, 9.17) is 21.3 Å². The second-order valence-corrected chi connectivity index (χ2v) is 9.03. The molecule has 0 bridgehead atoms. The topological polar surface area (TPSA) is 42.4 Å². The number of hydrogen-bond donors (Lipinski definition) is 0. The van der Waals surface area contributed by atoms with E-state index in [9.17, 15) is 4.79 Å². The molecular weight excluding hydrogens is 436 g/mol. The average Bonchev–Trinajstić information content (AvgIpc) is 3.20. The van der Waals surface area contributed by atoms with Crippen LogP contribution in [0.3, 0.4) is 0 Å². The Hall–Kier alpha value is -2.54. The van der Waals surface area contributed by atoms with Crippen molar-refractivity contribution in [3.05, 3.63) is 83.4 Å². The van der Waals surface area contributed by atoms with Gasteiger partial charge in [-0.05, 0) is 48.0 Å². The van der Waals surface area contributed by atoms with E-state index in [0.29, 0.717) is 22.5 Å². The molecule has 0 aliphatic carbocycles. The quantitative estimate of drug-likeness (QED) is 0.308. The minimum atomic E-state index is 0.00447. The number of thiazole rings is 1. The maximum atomic E-state index is 13.2. The first-order valence-electron chi connectivity index (χ1n) is 9.29. The van der Waals surface area contributed by atoms with Gasteiger partial charge >= 0.3 is 0 Å². The van der Waals surface area contributed by atoms with Crippen LogP contribution in [0.2, 0.25) is 5.02 Å². The number of ether oxygens (including phenoxy) is 1. The molecule has 0 unspecified atom stereocenters. The molecule has 0 saturated heterocycles. The number of aromatic nitrogens is 1. The summed E-state index contributed by atoms with van der Waals surface area (Å²) in [6, 6.07) is 23.2. The van der Waals surface area contributed by atoms with Gasteiger partial charge in [-0.3, -0.25) is 9.69 Å². The highest BCUT2D eigenvalue weighted by Gasteiger charge is 2.20. The normalized spacial score (nSPS) is 10.9. The fourth-order valence-electron chi connectivity index (χ4n) is 2.92. The van der Waals surface area contributed by atoms with Crippen LogP contribution in [0.15, 0.2) is 77.7 Å². The van der Waals surface area contributed by atoms with Crippen LogP contribution in [0, 0.1) is 0 Å². The van der Waals surface area contributed by atoms with Gasteiger partial charge in [0.2, 0.25) is 5.91 Å². The third-order valence-corrected chi connectivity index (χ3v) is 6.77. The van der Waals surface area contributed by atoms with E-state index in [1.165, 1.54) is 23.1 Å². The van der Waals surface area contributed by atoms with Crippen molar-refractivity contribution in [2.75, 3.05) is 17.8 Å². The van der Waals surface area contributed by atoms with Crippen LogP contribution < -0.4 is 9.64 Å². The molecule has 3 aromatic carbocycles. The zero-order chi connectivity index (χ0) is 20.9. The minimum absolute atomic E-state index is 0.00447. The molecule has 7 heteroatoms. The predicted octanol–water partition coefficient (Wildman–Crippen LogP) is 6.28. The lowest BCUT2D eigenvalue weighted by molar-refractivity contribution is -0.116. The monoisotopic (exact) mass is 454 g/mol. The Morgan fingerprint density at radius 2 is 1.87 bits per heavy atom. The maximum absolute atomic E-state index is 13.2. The van der Waals surface area contributed by atoms with E-state index in [-0.39, 0.29) is 5.91 Å². The number of amides is 1. The van der Waals surface area contributed by atoms with Gasteiger partial charge in [0.1, 0.15) is 5.75 Å². The summed E-state index contributed by atoms with van der Waals surface area (Å²) in [4.78, 5) is 20.7. The van der Waals surface area contributed by atoms with Gasteiger partial charge in [0, 0.05) is 9.92 Å².